The van der Waals surface area contributed by atoms with E-state index in [4.69, 9.17) is 18.7 Å². The number of likely N-dealkylation sites (tertiary alicyclic amines) is 2. The molecule has 776 valence electrons. The van der Waals surface area contributed by atoms with Crippen LogP contribution >= 0.6 is 63.8 Å². The van der Waals surface area contributed by atoms with E-state index in [1.54, 1.807) is 0 Å². The molecular formula is C130H154N4O7P8. The molecule has 8 aliphatic rings. The smallest absolute Gasteiger partial charge is 0.410 e. The number of benzene rings is 13. The molecule has 0 bridgehead atoms. The second-order valence-electron chi connectivity index (χ2n) is 42.7. The van der Waals surface area contributed by atoms with Crippen LogP contribution in [-0.4, -0.2) is 153 Å². The van der Waals surface area contributed by atoms with Crippen LogP contribution in [0.15, 0.2) is 394 Å². The minimum absolute atomic E-state index is 0.00385. The van der Waals surface area contributed by atoms with Gasteiger partial charge >= 0.3 is 12.1 Å². The van der Waals surface area contributed by atoms with E-state index in [-0.39, 0.29) is 52.6 Å². The quantitative estimate of drug-likeness (QED) is 0.0431. The van der Waals surface area contributed by atoms with Gasteiger partial charge in [0.2, 0.25) is 5.91 Å². The predicted octanol–water partition coefficient (Wildman–Crippen LogP) is 28.4. The minimum Gasteiger partial charge on any atom is -0.444 e. The fourth-order valence-electron chi connectivity index (χ4n) is 23.7. The van der Waals surface area contributed by atoms with E-state index in [1.165, 1.54) is 192 Å². The normalized spacial score (nSPS) is 20.4. The summed E-state index contributed by atoms with van der Waals surface area (Å²) >= 11 is 0. The number of para-hydroxylation sites is 1. The Morgan fingerprint density at radius 1 is 0.322 bits per heavy atom. The van der Waals surface area contributed by atoms with Crippen LogP contribution in [0, 0.1) is 0 Å². The maximum atomic E-state index is 14.0. The van der Waals surface area contributed by atoms with Crippen molar-refractivity contribution in [2.45, 2.75) is 264 Å². The molecule has 7 atom stereocenters. The number of hydrogen-bond donors (Lipinski definition) is 1. The molecule has 4 amide bonds. The van der Waals surface area contributed by atoms with E-state index >= 15 is 0 Å². The summed E-state index contributed by atoms with van der Waals surface area (Å²) < 4.78 is 28.8. The highest BCUT2D eigenvalue weighted by atomic mass is 31.1. The fraction of sp³-hybridized carbons (Fsp3) is 0.377. The van der Waals surface area contributed by atoms with Crippen molar-refractivity contribution in [2.24, 2.45) is 0 Å². The molecule has 4 aliphatic carbocycles. The van der Waals surface area contributed by atoms with Gasteiger partial charge in [-0.05, 0) is 252 Å². The van der Waals surface area contributed by atoms with Gasteiger partial charge in [-0.25, -0.2) is 9.59 Å². The van der Waals surface area contributed by atoms with Gasteiger partial charge in [0.15, 0.2) is 5.79 Å². The van der Waals surface area contributed by atoms with E-state index in [0.717, 1.165) is 91.8 Å². The largest absolute Gasteiger partial charge is 0.444 e. The Morgan fingerprint density at radius 3 is 0.879 bits per heavy atom. The highest BCUT2D eigenvalue weighted by Crippen LogP contribution is 2.63. The first-order valence-corrected chi connectivity index (χ1v) is 67.1. The number of nitrogens with zero attached hydrogens (tertiary/aromatic N) is 3. The van der Waals surface area contributed by atoms with Crippen molar-refractivity contribution in [3.63, 3.8) is 0 Å². The van der Waals surface area contributed by atoms with E-state index in [0.29, 0.717) is 29.8 Å². The zero-order valence-corrected chi connectivity index (χ0v) is 95.2. The van der Waals surface area contributed by atoms with Crippen LogP contribution in [0.1, 0.15) is 189 Å². The Labute approximate surface area is 900 Å². The van der Waals surface area contributed by atoms with Crippen molar-refractivity contribution in [3.05, 3.63) is 394 Å². The number of rotatable bonds is 31. The molecule has 4 saturated heterocycles. The van der Waals surface area contributed by atoms with E-state index in [9.17, 15) is 14.4 Å². The summed E-state index contributed by atoms with van der Waals surface area (Å²) in [4.78, 5) is 45.3. The summed E-state index contributed by atoms with van der Waals surface area (Å²) in [5.41, 5.74) is 4.33. The average Bonchev–Trinajstić information content (AvgIpc) is 1.73. The molecule has 21 rings (SSSR count). The van der Waals surface area contributed by atoms with E-state index < -0.39 is 58.9 Å². The molecular weight excluding hydrogens is 1980 g/mol. The number of ether oxygens (including phenoxy) is 3. The highest BCUT2D eigenvalue weighted by Gasteiger charge is 2.49. The molecule has 149 heavy (non-hydrogen) atoms. The second-order valence-corrected chi connectivity index (χ2v) is 61.8. The first-order valence-electron chi connectivity index (χ1n) is 55.3. The maximum absolute atomic E-state index is 14.0. The number of nitrogens with one attached hydrogen (secondary N) is 1. The molecule has 13 aromatic rings. The Hall–Kier alpha value is -8.81. The number of hydrogen-bond acceptors (Lipinski definition) is 7. The lowest BCUT2D eigenvalue weighted by atomic mass is 10.00. The molecule has 0 unspecified atom stereocenters. The van der Waals surface area contributed by atoms with E-state index in [1.807, 2.05) is 51.1 Å². The molecule has 11 nitrogen and oxygen atoms in total. The van der Waals surface area contributed by atoms with E-state index in [2.05, 4.69) is 398 Å². The monoisotopic (exact) mass is 2130 g/mol. The topological polar surface area (TPSA) is 110 Å². The van der Waals surface area contributed by atoms with Crippen LogP contribution in [0.25, 0.3) is 0 Å². The van der Waals surface area contributed by atoms with Crippen molar-refractivity contribution in [1.82, 2.24) is 14.5 Å². The Balaban J connectivity index is 0.000000130. The standard InChI is InChI=1S/C36H34N2OP2.C34H37NO2P2.C31H32O2P2.C29H51NO2P2/c39-36(37-29-16-6-1-7-17-29)38-27-35(41(33-22-12-4-13-23-33)34-24-14-5-15-25-34)26-30(38)28-40(31-18-8-2-9-19-31)32-20-10-3-11-21-32;1-34(2,3)37-33(36)35-25-32(39(30-20-12-6-13-21-30)31-22-14-7-15-23-31)24-27(35)26-38(28-16-8-4-9-17-28)29-18-10-5-11-19-29;1-31(2)32-29(23-34(25-15-7-3-8-16-25)26-17-9-4-10-18-26)30(33-31)24-35(27-19-11-5-12-20-27)28-21-13-6-14-22-28;31-29-22-21-24(23-32-34(27-17-9-3-10-18-27)28-19-11-4-12-20-28)30(29)33(25-13-5-1-6-14-25)26-15-7-2-8-16-26/h1-25,30,35H,26-28H2,(H,37,39);4-23,27,32H,24-26H2,1-3H3;3-22,29-30H,23-24H2,1-2H3;24-28H,1-23H2/t30-,35-;27-,32-;29-,30-;24-/m0000/s1. The van der Waals surface area contributed by atoms with Crippen molar-refractivity contribution in [2.75, 3.05) is 49.7 Å². The molecule has 19 heteroatoms. The van der Waals surface area contributed by atoms with Crippen LogP contribution in [0.3, 0.4) is 0 Å². The van der Waals surface area contributed by atoms with Gasteiger partial charge in [-0.15, -0.1) is 0 Å². The SMILES string of the molecule is CC(C)(C)OC(=O)N1C[C@@H](P(c2ccccc2)c2ccccc2)C[C@H]1CP(c1ccccc1)c1ccccc1.CC1(C)O[C@@H](CP(c2ccccc2)c2ccccc2)[C@H](CP(c2ccccc2)c2ccccc2)O1.O=C(Nc1ccccc1)N1C[C@@H](P(c2ccccc2)c2ccccc2)C[C@H]1CP(c1ccccc1)c1ccccc1.O=C1CC[C@@H](COP(C2CCCCC2)C2CCCCC2)N1P(C1CCCCC1)C1CCCCC1. The van der Waals surface area contributed by atoms with Gasteiger partial charge in [0, 0.05) is 88.5 Å². The van der Waals surface area contributed by atoms with Gasteiger partial charge in [-0.3, -0.25) is 4.79 Å². The van der Waals surface area contributed by atoms with Crippen molar-refractivity contribution in [1.29, 1.82) is 0 Å². The van der Waals surface area contributed by atoms with Crippen LogP contribution in [0.4, 0.5) is 15.3 Å². The lowest BCUT2D eigenvalue weighted by Gasteiger charge is -2.46. The maximum Gasteiger partial charge on any atom is 0.410 e. The first-order chi connectivity index (χ1) is 73.0. The lowest BCUT2D eigenvalue weighted by molar-refractivity contribution is -0.142. The second kappa shape index (κ2) is 55.8. The molecule has 13 aromatic carbocycles. The number of anilines is 1. The zero-order valence-electron chi connectivity index (χ0n) is 88.1. The van der Waals surface area contributed by atoms with Gasteiger partial charge in [-0.1, -0.05) is 459 Å². The summed E-state index contributed by atoms with van der Waals surface area (Å²) in [6.45, 7) is 12.3. The van der Waals surface area contributed by atoms with Crippen molar-refractivity contribution < 1.29 is 33.1 Å². The highest BCUT2D eigenvalue weighted by molar-refractivity contribution is 7.75. The summed E-state index contributed by atoms with van der Waals surface area (Å²) in [6.07, 6.45) is 35.6. The number of amides is 4. The van der Waals surface area contributed by atoms with Gasteiger partial charge in [0.1, 0.15) is 5.60 Å². The number of urea groups is 1. The minimum atomic E-state index is -0.639. The third-order valence-corrected chi connectivity index (χ3v) is 53.1. The van der Waals surface area contributed by atoms with Crippen LogP contribution in [0.2, 0.25) is 0 Å². The van der Waals surface area contributed by atoms with Gasteiger partial charge in [-0.2, -0.15) is 0 Å². The molecule has 1 N–H and O–H groups in total. The number of carbonyl (C=O) groups is 3. The van der Waals surface area contributed by atoms with Crippen LogP contribution in [-0.2, 0) is 23.5 Å². The van der Waals surface area contributed by atoms with Crippen molar-refractivity contribution in [3.8, 4) is 0 Å². The van der Waals surface area contributed by atoms with Gasteiger partial charge in [0.05, 0.1) is 24.9 Å². The molecule has 4 saturated carbocycles. The third kappa shape index (κ3) is 30.7. The third-order valence-electron chi connectivity index (χ3n) is 30.6. The van der Waals surface area contributed by atoms with Gasteiger partial charge < -0.3 is 38.5 Å². The molecule has 4 aliphatic heterocycles. The van der Waals surface area contributed by atoms with Gasteiger partial charge in [0.25, 0.3) is 0 Å². The van der Waals surface area contributed by atoms with Crippen LogP contribution < -0.4 is 69.0 Å². The Morgan fingerprint density at radius 2 is 0.584 bits per heavy atom. The summed E-state index contributed by atoms with van der Waals surface area (Å²) in [5.74, 6) is -0.0894. The summed E-state index contributed by atoms with van der Waals surface area (Å²) in [7, 11) is -4.32. The molecule has 0 radical (unpaired) electrons. The fourth-order valence-corrected chi connectivity index (χ4v) is 46.7. The molecule has 0 spiro atoms. The Bertz CT molecular complexity index is 5750. The molecule has 8 fully saturated rings. The summed E-state index contributed by atoms with van der Waals surface area (Å²) in [5, 5.41) is 19.6. The zero-order chi connectivity index (χ0) is 102. The molecule has 0 aromatic heterocycles. The molecule has 4 heterocycles. The van der Waals surface area contributed by atoms with Crippen LogP contribution in [0.5, 0.6) is 0 Å². The van der Waals surface area contributed by atoms with Crippen molar-refractivity contribution >= 4 is 151 Å². The first kappa shape index (κ1) is 110. The predicted molar refractivity (Wildman–Crippen MR) is 644 cm³/mol. The number of carbonyl (C=O) groups excluding carboxylic acids is 3. The summed E-state index contributed by atoms with van der Waals surface area (Å²) in [6, 6.07) is 141. The lowest BCUT2D eigenvalue weighted by Crippen LogP contribution is -2.42. The average molecular weight is 2130 g/mol. The Kier molecular flexibility index (Phi) is 41.2.